The second kappa shape index (κ2) is 5.34. The van der Waals surface area contributed by atoms with E-state index < -0.39 is 0 Å². The SMILES string of the molecule is Cc1nc2cccnn2c1-c1cc(N2CCNCC2)ncn1. The van der Waals surface area contributed by atoms with Gasteiger partial charge in [0.15, 0.2) is 5.65 Å². The lowest BCUT2D eigenvalue weighted by Gasteiger charge is -2.28. The molecule has 1 fully saturated rings. The Balaban J connectivity index is 1.80. The van der Waals surface area contributed by atoms with E-state index in [0.717, 1.165) is 54.7 Å². The highest BCUT2D eigenvalue weighted by Gasteiger charge is 2.16. The second-order valence-electron chi connectivity index (χ2n) is 5.34. The molecule has 1 aliphatic heterocycles. The molecule has 3 aromatic heterocycles. The molecule has 4 rings (SSSR count). The quantitative estimate of drug-likeness (QED) is 0.757. The number of aromatic nitrogens is 5. The van der Waals surface area contributed by atoms with Gasteiger partial charge in [-0.1, -0.05) is 0 Å². The number of aryl methyl sites for hydroxylation is 1. The summed E-state index contributed by atoms with van der Waals surface area (Å²) < 4.78 is 1.83. The zero-order chi connectivity index (χ0) is 14.9. The van der Waals surface area contributed by atoms with E-state index in [1.807, 2.05) is 29.6 Å². The molecular formula is C15H17N7. The first-order chi connectivity index (χ1) is 10.8. The van der Waals surface area contributed by atoms with Crippen LogP contribution in [0.2, 0.25) is 0 Å². The van der Waals surface area contributed by atoms with E-state index >= 15 is 0 Å². The van der Waals surface area contributed by atoms with E-state index in [-0.39, 0.29) is 0 Å². The largest absolute Gasteiger partial charge is 0.354 e. The number of piperazine rings is 1. The van der Waals surface area contributed by atoms with Crippen LogP contribution in [0.5, 0.6) is 0 Å². The Morgan fingerprint density at radius 1 is 1.18 bits per heavy atom. The van der Waals surface area contributed by atoms with Gasteiger partial charge in [-0.3, -0.25) is 0 Å². The number of hydrogen-bond donors (Lipinski definition) is 1. The van der Waals surface area contributed by atoms with Crippen LogP contribution in [0.4, 0.5) is 5.82 Å². The van der Waals surface area contributed by atoms with Crippen molar-refractivity contribution in [1.29, 1.82) is 0 Å². The standard InChI is InChI=1S/C15H17N7/c1-11-15(22-13(20-11)3-2-4-19-22)12-9-14(18-10-17-12)21-7-5-16-6-8-21/h2-4,9-10,16H,5-8H2,1H3. The van der Waals surface area contributed by atoms with Gasteiger partial charge in [0.2, 0.25) is 0 Å². The molecule has 4 heterocycles. The topological polar surface area (TPSA) is 71.2 Å². The first kappa shape index (κ1) is 13.1. The Morgan fingerprint density at radius 3 is 2.91 bits per heavy atom. The molecule has 1 saturated heterocycles. The number of anilines is 1. The summed E-state index contributed by atoms with van der Waals surface area (Å²) in [6, 6.07) is 5.86. The fraction of sp³-hybridized carbons (Fsp3) is 0.333. The smallest absolute Gasteiger partial charge is 0.154 e. The lowest BCUT2D eigenvalue weighted by Crippen LogP contribution is -2.43. The van der Waals surface area contributed by atoms with Crippen LogP contribution < -0.4 is 10.2 Å². The molecule has 0 bridgehead atoms. The van der Waals surface area contributed by atoms with Crippen LogP contribution in [0, 0.1) is 6.92 Å². The van der Waals surface area contributed by atoms with E-state index in [1.165, 1.54) is 0 Å². The first-order valence-corrected chi connectivity index (χ1v) is 7.41. The molecule has 7 heteroatoms. The van der Waals surface area contributed by atoms with Crippen molar-refractivity contribution in [1.82, 2.24) is 29.9 Å². The van der Waals surface area contributed by atoms with Gasteiger partial charge in [0.1, 0.15) is 17.8 Å². The zero-order valence-corrected chi connectivity index (χ0v) is 12.4. The highest BCUT2D eigenvalue weighted by molar-refractivity contribution is 5.65. The molecule has 1 aliphatic rings. The summed E-state index contributed by atoms with van der Waals surface area (Å²) in [4.78, 5) is 15.7. The second-order valence-corrected chi connectivity index (χ2v) is 5.34. The van der Waals surface area contributed by atoms with Crippen LogP contribution in [-0.2, 0) is 0 Å². The summed E-state index contributed by atoms with van der Waals surface area (Å²) >= 11 is 0. The average molecular weight is 295 g/mol. The van der Waals surface area contributed by atoms with Crippen molar-refractivity contribution in [3.05, 3.63) is 36.4 Å². The fourth-order valence-electron chi connectivity index (χ4n) is 2.84. The van der Waals surface area contributed by atoms with Crippen LogP contribution in [0.3, 0.4) is 0 Å². The monoisotopic (exact) mass is 295 g/mol. The molecule has 112 valence electrons. The van der Waals surface area contributed by atoms with Gasteiger partial charge in [0.25, 0.3) is 0 Å². The number of imidazole rings is 1. The number of rotatable bonds is 2. The molecule has 0 atom stereocenters. The van der Waals surface area contributed by atoms with Gasteiger partial charge >= 0.3 is 0 Å². The van der Waals surface area contributed by atoms with Gasteiger partial charge in [0.05, 0.1) is 11.4 Å². The van der Waals surface area contributed by atoms with E-state index in [2.05, 4.69) is 30.3 Å². The van der Waals surface area contributed by atoms with Crippen molar-refractivity contribution in [2.24, 2.45) is 0 Å². The van der Waals surface area contributed by atoms with Gasteiger partial charge in [-0.15, -0.1) is 0 Å². The Kier molecular flexibility index (Phi) is 3.19. The Labute approximate surface area is 128 Å². The van der Waals surface area contributed by atoms with Crippen LogP contribution in [0.25, 0.3) is 17.0 Å². The molecule has 0 aliphatic carbocycles. The van der Waals surface area contributed by atoms with E-state index in [4.69, 9.17) is 0 Å². The molecule has 1 N–H and O–H groups in total. The van der Waals surface area contributed by atoms with Gasteiger partial charge < -0.3 is 10.2 Å². The van der Waals surface area contributed by atoms with Crippen molar-refractivity contribution in [3.8, 4) is 11.4 Å². The van der Waals surface area contributed by atoms with Crippen LogP contribution in [0.1, 0.15) is 5.69 Å². The molecule has 0 aromatic carbocycles. The Morgan fingerprint density at radius 2 is 2.05 bits per heavy atom. The minimum absolute atomic E-state index is 0.831. The summed E-state index contributed by atoms with van der Waals surface area (Å²) in [6.07, 6.45) is 3.38. The van der Waals surface area contributed by atoms with E-state index in [0.29, 0.717) is 0 Å². The average Bonchev–Trinajstić information content (AvgIpc) is 2.91. The summed E-state index contributed by atoms with van der Waals surface area (Å²) in [5.74, 6) is 0.955. The van der Waals surface area contributed by atoms with Crippen molar-refractivity contribution < 1.29 is 0 Å². The van der Waals surface area contributed by atoms with Crippen LogP contribution in [0.15, 0.2) is 30.7 Å². The molecule has 3 aromatic rings. The lowest BCUT2D eigenvalue weighted by molar-refractivity contribution is 0.584. The molecular weight excluding hydrogens is 278 g/mol. The molecule has 0 unspecified atom stereocenters. The number of nitrogens with zero attached hydrogens (tertiary/aromatic N) is 6. The van der Waals surface area contributed by atoms with E-state index in [9.17, 15) is 0 Å². The highest BCUT2D eigenvalue weighted by Crippen LogP contribution is 2.24. The maximum atomic E-state index is 4.55. The molecule has 0 radical (unpaired) electrons. The zero-order valence-electron chi connectivity index (χ0n) is 12.4. The molecule has 0 saturated carbocycles. The van der Waals surface area contributed by atoms with Crippen molar-refractivity contribution in [3.63, 3.8) is 0 Å². The minimum atomic E-state index is 0.831. The van der Waals surface area contributed by atoms with Crippen LogP contribution in [-0.4, -0.2) is 50.7 Å². The predicted molar refractivity (Wildman–Crippen MR) is 83.8 cm³/mol. The normalized spacial score (nSPS) is 15.4. The summed E-state index contributed by atoms with van der Waals surface area (Å²) in [5, 5.41) is 7.74. The van der Waals surface area contributed by atoms with Crippen molar-refractivity contribution in [2.75, 3.05) is 31.1 Å². The van der Waals surface area contributed by atoms with E-state index in [1.54, 1.807) is 12.5 Å². The summed E-state index contributed by atoms with van der Waals surface area (Å²) in [6.45, 7) is 5.86. The van der Waals surface area contributed by atoms with Crippen molar-refractivity contribution >= 4 is 11.5 Å². The van der Waals surface area contributed by atoms with Crippen molar-refractivity contribution in [2.45, 2.75) is 6.92 Å². The highest BCUT2D eigenvalue weighted by atomic mass is 15.3. The number of fused-ring (bicyclic) bond motifs is 1. The fourth-order valence-corrected chi connectivity index (χ4v) is 2.84. The van der Waals surface area contributed by atoms with Gasteiger partial charge in [0, 0.05) is 38.4 Å². The third-order valence-corrected chi connectivity index (χ3v) is 3.90. The maximum Gasteiger partial charge on any atom is 0.154 e. The molecule has 0 amide bonds. The Bertz CT molecular complexity index is 805. The number of nitrogens with one attached hydrogen (secondary N) is 1. The van der Waals surface area contributed by atoms with Gasteiger partial charge in [-0.25, -0.2) is 19.5 Å². The minimum Gasteiger partial charge on any atom is -0.354 e. The maximum absolute atomic E-state index is 4.55. The number of hydrogen-bond acceptors (Lipinski definition) is 6. The van der Waals surface area contributed by atoms with Gasteiger partial charge in [-0.05, 0) is 19.1 Å². The summed E-state index contributed by atoms with van der Waals surface area (Å²) in [5.41, 5.74) is 3.53. The third-order valence-electron chi connectivity index (χ3n) is 3.90. The molecule has 22 heavy (non-hydrogen) atoms. The first-order valence-electron chi connectivity index (χ1n) is 7.41. The van der Waals surface area contributed by atoms with Gasteiger partial charge in [-0.2, -0.15) is 5.10 Å². The predicted octanol–water partition coefficient (Wildman–Crippen LogP) is 0.904. The summed E-state index contributed by atoms with van der Waals surface area (Å²) in [7, 11) is 0. The molecule has 7 nitrogen and oxygen atoms in total. The van der Waals surface area contributed by atoms with Crippen LogP contribution >= 0.6 is 0 Å². The molecule has 0 spiro atoms. The Hall–Kier alpha value is -2.54. The third kappa shape index (κ3) is 2.19. The lowest BCUT2D eigenvalue weighted by atomic mass is 10.2.